The van der Waals surface area contributed by atoms with Gasteiger partial charge in [0, 0.05) is 0 Å². The van der Waals surface area contributed by atoms with Crippen molar-refractivity contribution in [2.24, 2.45) is 5.84 Å². The molecule has 0 saturated carbocycles. The molecule has 0 aliphatic heterocycles. The van der Waals surface area contributed by atoms with Crippen molar-refractivity contribution < 1.29 is 9.53 Å². The first kappa shape index (κ1) is 11.3. The number of hydrogen-bond acceptors (Lipinski definition) is 4. The van der Waals surface area contributed by atoms with E-state index in [0.29, 0.717) is 0 Å². The molecule has 0 radical (unpaired) electrons. The second-order valence-corrected chi connectivity index (χ2v) is 2.99. The average Bonchev–Trinajstić information content (AvgIpc) is 2.25. The third kappa shape index (κ3) is 2.84. The number of hydrazine groups is 1. The first-order valence-electron chi connectivity index (χ1n) is 4.00. The van der Waals surface area contributed by atoms with Crippen LogP contribution in [0.5, 0.6) is 5.75 Å². The fourth-order valence-electron chi connectivity index (χ4n) is 0.918. The molecule has 0 bridgehead atoms. The van der Waals surface area contributed by atoms with Crippen molar-refractivity contribution >= 4 is 17.5 Å². The maximum Gasteiger partial charge on any atom is 0.271 e. The number of amides is 1. The number of carbonyl (C=O) groups is 1. The standard InChI is InChI=1S/C9H8ClN3O2/c10-7-2-1-3-8(6(7)4-11)15-5-9(14)13-12/h1-3H,5,12H2,(H,13,14). The molecule has 15 heavy (non-hydrogen) atoms. The molecule has 0 aliphatic rings. The van der Waals surface area contributed by atoms with Gasteiger partial charge in [-0.1, -0.05) is 17.7 Å². The van der Waals surface area contributed by atoms with Crippen LogP contribution in [-0.2, 0) is 4.79 Å². The van der Waals surface area contributed by atoms with E-state index in [1.165, 1.54) is 0 Å². The van der Waals surface area contributed by atoms with Gasteiger partial charge in [0.25, 0.3) is 5.91 Å². The van der Waals surface area contributed by atoms with E-state index in [2.05, 4.69) is 0 Å². The molecule has 1 aromatic rings. The zero-order valence-corrected chi connectivity index (χ0v) is 8.41. The Hall–Kier alpha value is -1.77. The van der Waals surface area contributed by atoms with Gasteiger partial charge in [0.2, 0.25) is 0 Å². The SMILES string of the molecule is N#Cc1c(Cl)cccc1OCC(=O)NN. The number of ether oxygens (including phenoxy) is 1. The minimum Gasteiger partial charge on any atom is -0.482 e. The highest BCUT2D eigenvalue weighted by molar-refractivity contribution is 6.31. The van der Waals surface area contributed by atoms with Crippen LogP contribution in [0.4, 0.5) is 0 Å². The zero-order chi connectivity index (χ0) is 11.3. The Balaban J connectivity index is 2.82. The van der Waals surface area contributed by atoms with E-state index in [0.717, 1.165) is 0 Å². The number of nitrogens with zero attached hydrogens (tertiary/aromatic N) is 1. The molecule has 1 aromatic carbocycles. The van der Waals surface area contributed by atoms with Gasteiger partial charge in [-0.3, -0.25) is 10.2 Å². The summed E-state index contributed by atoms with van der Waals surface area (Å²) in [7, 11) is 0. The van der Waals surface area contributed by atoms with Gasteiger partial charge in [0.1, 0.15) is 17.4 Å². The Morgan fingerprint density at radius 2 is 2.40 bits per heavy atom. The Labute approximate surface area is 91.4 Å². The van der Waals surface area contributed by atoms with Crippen LogP contribution in [0.2, 0.25) is 5.02 Å². The number of rotatable bonds is 3. The third-order valence-electron chi connectivity index (χ3n) is 1.61. The predicted molar refractivity (Wildman–Crippen MR) is 54.0 cm³/mol. The van der Waals surface area contributed by atoms with E-state index in [1.54, 1.807) is 18.2 Å². The van der Waals surface area contributed by atoms with E-state index in [9.17, 15) is 4.79 Å². The highest BCUT2D eigenvalue weighted by Crippen LogP contribution is 2.25. The monoisotopic (exact) mass is 225 g/mol. The molecule has 0 heterocycles. The van der Waals surface area contributed by atoms with Crippen LogP contribution in [0.1, 0.15) is 5.56 Å². The largest absolute Gasteiger partial charge is 0.482 e. The number of nitrogens with two attached hydrogens (primary N) is 1. The van der Waals surface area contributed by atoms with Crippen molar-refractivity contribution in [1.29, 1.82) is 5.26 Å². The van der Waals surface area contributed by atoms with E-state index in [4.69, 9.17) is 27.4 Å². The third-order valence-corrected chi connectivity index (χ3v) is 1.92. The van der Waals surface area contributed by atoms with Gasteiger partial charge in [0.15, 0.2) is 6.61 Å². The lowest BCUT2D eigenvalue weighted by molar-refractivity contribution is -0.123. The summed E-state index contributed by atoms with van der Waals surface area (Å²) in [6, 6.07) is 6.62. The minimum atomic E-state index is -0.487. The quantitative estimate of drug-likeness (QED) is 0.448. The van der Waals surface area contributed by atoms with E-state index in [-0.39, 0.29) is 22.9 Å². The highest BCUT2D eigenvalue weighted by atomic mass is 35.5. The van der Waals surface area contributed by atoms with Crippen LogP contribution in [0.15, 0.2) is 18.2 Å². The van der Waals surface area contributed by atoms with Crippen LogP contribution in [0.25, 0.3) is 0 Å². The Kier molecular flexibility index (Phi) is 3.92. The number of benzene rings is 1. The number of nitrogens with one attached hydrogen (secondary N) is 1. The lowest BCUT2D eigenvalue weighted by atomic mass is 10.2. The number of nitriles is 1. The van der Waals surface area contributed by atoms with Gasteiger partial charge < -0.3 is 4.74 Å². The Morgan fingerprint density at radius 3 is 3.00 bits per heavy atom. The highest BCUT2D eigenvalue weighted by Gasteiger charge is 2.08. The molecular weight excluding hydrogens is 218 g/mol. The summed E-state index contributed by atoms with van der Waals surface area (Å²) in [6.07, 6.45) is 0. The minimum absolute atomic E-state index is 0.198. The van der Waals surface area contributed by atoms with Gasteiger partial charge in [0.05, 0.1) is 5.02 Å². The molecule has 0 aromatic heterocycles. The van der Waals surface area contributed by atoms with Gasteiger partial charge in [-0.05, 0) is 12.1 Å². The molecule has 6 heteroatoms. The fraction of sp³-hybridized carbons (Fsp3) is 0.111. The van der Waals surface area contributed by atoms with E-state index >= 15 is 0 Å². The van der Waals surface area contributed by atoms with Gasteiger partial charge in [-0.25, -0.2) is 5.84 Å². The normalized spacial score (nSPS) is 9.13. The summed E-state index contributed by atoms with van der Waals surface area (Å²) in [5.74, 6) is 4.64. The lowest BCUT2D eigenvalue weighted by Crippen LogP contribution is -2.34. The maximum atomic E-state index is 10.8. The molecule has 0 spiro atoms. The Morgan fingerprint density at radius 1 is 1.67 bits per heavy atom. The van der Waals surface area contributed by atoms with Crippen LogP contribution in [-0.4, -0.2) is 12.5 Å². The molecular formula is C9H8ClN3O2. The Bertz CT molecular complexity index is 414. The first-order valence-corrected chi connectivity index (χ1v) is 4.37. The van der Waals surface area contributed by atoms with Crippen LogP contribution in [0.3, 0.4) is 0 Å². The van der Waals surface area contributed by atoms with Crippen molar-refractivity contribution in [2.45, 2.75) is 0 Å². The van der Waals surface area contributed by atoms with Crippen LogP contribution in [0, 0.1) is 11.3 Å². The van der Waals surface area contributed by atoms with Crippen molar-refractivity contribution in [3.05, 3.63) is 28.8 Å². The molecule has 5 nitrogen and oxygen atoms in total. The lowest BCUT2D eigenvalue weighted by Gasteiger charge is -2.07. The second-order valence-electron chi connectivity index (χ2n) is 2.58. The topological polar surface area (TPSA) is 88.1 Å². The summed E-state index contributed by atoms with van der Waals surface area (Å²) >= 11 is 5.75. The molecule has 78 valence electrons. The van der Waals surface area contributed by atoms with Gasteiger partial charge in [-0.2, -0.15) is 5.26 Å². The molecule has 0 atom stereocenters. The summed E-state index contributed by atoms with van der Waals surface area (Å²) in [5, 5.41) is 9.06. The maximum absolute atomic E-state index is 10.8. The fourth-order valence-corrected chi connectivity index (χ4v) is 1.13. The molecule has 0 aliphatic carbocycles. The zero-order valence-electron chi connectivity index (χ0n) is 7.66. The van der Waals surface area contributed by atoms with Crippen LogP contribution >= 0.6 is 11.6 Å². The van der Waals surface area contributed by atoms with Crippen molar-refractivity contribution in [1.82, 2.24) is 5.43 Å². The number of halogens is 1. The summed E-state index contributed by atoms with van der Waals surface area (Å²) in [4.78, 5) is 10.8. The van der Waals surface area contributed by atoms with Crippen LogP contribution < -0.4 is 16.0 Å². The molecule has 1 rings (SSSR count). The molecule has 0 fully saturated rings. The smallest absolute Gasteiger partial charge is 0.271 e. The summed E-state index contributed by atoms with van der Waals surface area (Å²) < 4.78 is 5.06. The van der Waals surface area contributed by atoms with E-state index in [1.807, 2.05) is 11.5 Å². The van der Waals surface area contributed by atoms with Crippen molar-refractivity contribution in [3.8, 4) is 11.8 Å². The number of carbonyl (C=O) groups excluding carboxylic acids is 1. The number of hydrogen-bond donors (Lipinski definition) is 2. The predicted octanol–water partition coefficient (Wildman–Crippen LogP) is 0.580. The molecule has 0 saturated heterocycles. The van der Waals surface area contributed by atoms with Crippen molar-refractivity contribution in [2.75, 3.05) is 6.61 Å². The van der Waals surface area contributed by atoms with Gasteiger partial charge in [-0.15, -0.1) is 0 Å². The second kappa shape index (κ2) is 5.20. The molecule has 0 unspecified atom stereocenters. The molecule has 3 N–H and O–H groups in total. The van der Waals surface area contributed by atoms with E-state index < -0.39 is 5.91 Å². The molecule has 1 amide bonds. The first-order chi connectivity index (χ1) is 7.19. The summed E-state index contributed by atoms with van der Waals surface area (Å²) in [5.41, 5.74) is 2.11. The van der Waals surface area contributed by atoms with Gasteiger partial charge >= 0.3 is 0 Å². The summed E-state index contributed by atoms with van der Waals surface area (Å²) in [6.45, 7) is -0.258. The van der Waals surface area contributed by atoms with Crippen molar-refractivity contribution in [3.63, 3.8) is 0 Å². The average molecular weight is 226 g/mol.